The lowest BCUT2D eigenvalue weighted by atomic mass is 9.86. The molecule has 0 N–H and O–H groups in total. The smallest absolute Gasteiger partial charge is 0.243 e. The van der Waals surface area contributed by atoms with Crippen LogP contribution in [0.15, 0.2) is 47.4 Å². The third-order valence-corrected chi connectivity index (χ3v) is 9.17. The maximum absolute atomic E-state index is 13.1. The van der Waals surface area contributed by atoms with E-state index in [0.29, 0.717) is 43.4 Å². The van der Waals surface area contributed by atoms with Crippen LogP contribution in [-0.4, -0.2) is 49.7 Å². The highest BCUT2D eigenvalue weighted by molar-refractivity contribution is 7.89. The Bertz CT molecular complexity index is 1030. The topological polar surface area (TPSA) is 57.7 Å². The zero-order valence-corrected chi connectivity index (χ0v) is 17.5. The second-order valence-corrected chi connectivity index (χ2v) is 10.9. The molecule has 3 atom stereocenters. The number of rotatable bonds is 4. The number of piperazine rings is 1. The van der Waals surface area contributed by atoms with Crippen LogP contribution in [0.1, 0.15) is 32.1 Å². The quantitative estimate of drug-likeness (QED) is 0.772. The number of sulfonamides is 1. The number of amides is 1. The Balaban J connectivity index is 1.22. The molecule has 2 aromatic rings. The van der Waals surface area contributed by atoms with Crippen molar-refractivity contribution in [3.63, 3.8) is 0 Å². The molecule has 154 valence electrons. The Morgan fingerprint density at radius 2 is 1.69 bits per heavy atom. The first-order valence-corrected chi connectivity index (χ1v) is 12.2. The number of hydrogen-bond acceptors (Lipinski definition) is 3. The molecule has 1 saturated heterocycles. The van der Waals surface area contributed by atoms with Crippen molar-refractivity contribution in [2.45, 2.75) is 37.0 Å². The molecule has 1 amide bonds. The van der Waals surface area contributed by atoms with E-state index in [-0.39, 0.29) is 5.91 Å². The van der Waals surface area contributed by atoms with Gasteiger partial charge in [0.05, 0.1) is 4.90 Å². The summed E-state index contributed by atoms with van der Waals surface area (Å²) in [6, 6.07) is 13.1. The molecule has 2 aliphatic carbocycles. The molecule has 2 aromatic carbocycles. The molecule has 5 nitrogen and oxygen atoms in total. The molecule has 0 spiro atoms. The maximum Gasteiger partial charge on any atom is 0.243 e. The Morgan fingerprint density at radius 3 is 2.38 bits per heavy atom. The summed E-state index contributed by atoms with van der Waals surface area (Å²) in [5.41, 5.74) is 0. The van der Waals surface area contributed by atoms with E-state index >= 15 is 0 Å². The SMILES string of the molecule is O=C(C[C@@H]1C[C@@H]2CC[C@@H]1C2)N1CCN(S(=O)(=O)c2ccc3ccccc3c2)CC1. The average Bonchev–Trinajstić information content (AvgIpc) is 3.36. The summed E-state index contributed by atoms with van der Waals surface area (Å²) in [7, 11) is -3.54. The lowest BCUT2D eigenvalue weighted by Gasteiger charge is -2.35. The van der Waals surface area contributed by atoms with E-state index in [1.165, 1.54) is 30.0 Å². The maximum atomic E-state index is 13.1. The van der Waals surface area contributed by atoms with Crippen LogP contribution < -0.4 is 0 Å². The molecule has 6 heteroatoms. The van der Waals surface area contributed by atoms with Crippen LogP contribution in [0.25, 0.3) is 10.8 Å². The van der Waals surface area contributed by atoms with E-state index in [9.17, 15) is 13.2 Å². The van der Waals surface area contributed by atoms with Gasteiger partial charge in [-0.2, -0.15) is 4.31 Å². The predicted octanol–water partition coefficient (Wildman–Crippen LogP) is 3.50. The van der Waals surface area contributed by atoms with Gasteiger partial charge in [-0.25, -0.2) is 8.42 Å². The second-order valence-electron chi connectivity index (χ2n) is 8.93. The minimum absolute atomic E-state index is 0.213. The number of carbonyl (C=O) groups is 1. The van der Waals surface area contributed by atoms with E-state index in [1.54, 1.807) is 12.1 Å². The highest BCUT2D eigenvalue weighted by Crippen LogP contribution is 2.49. The normalized spacial score (nSPS) is 27.6. The van der Waals surface area contributed by atoms with Gasteiger partial charge in [-0.05, 0) is 59.9 Å². The number of hydrogen-bond donors (Lipinski definition) is 0. The highest BCUT2D eigenvalue weighted by Gasteiger charge is 2.41. The Kier molecular flexibility index (Phi) is 4.87. The fourth-order valence-electron chi connectivity index (χ4n) is 5.63. The molecule has 0 radical (unpaired) electrons. The van der Waals surface area contributed by atoms with Crippen LogP contribution >= 0.6 is 0 Å². The first kappa shape index (κ1) is 19.1. The van der Waals surface area contributed by atoms with Gasteiger partial charge in [0, 0.05) is 32.6 Å². The van der Waals surface area contributed by atoms with Crippen molar-refractivity contribution in [3.8, 4) is 0 Å². The monoisotopic (exact) mass is 412 g/mol. The summed E-state index contributed by atoms with van der Waals surface area (Å²) in [6.07, 6.45) is 5.82. The molecule has 1 heterocycles. The Hall–Kier alpha value is -1.92. The van der Waals surface area contributed by atoms with Gasteiger partial charge in [0.25, 0.3) is 0 Å². The van der Waals surface area contributed by atoms with Gasteiger partial charge >= 0.3 is 0 Å². The van der Waals surface area contributed by atoms with E-state index < -0.39 is 10.0 Å². The first-order chi connectivity index (χ1) is 14.0. The molecule has 0 unspecified atom stereocenters. The zero-order valence-electron chi connectivity index (χ0n) is 16.7. The van der Waals surface area contributed by atoms with Crippen molar-refractivity contribution >= 4 is 26.7 Å². The van der Waals surface area contributed by atoms with Crippen molar-refractivity contribution in [1.82, 2.24) is 9.21 Å². The Labute approximate surface area is 172 Å². The van der Waals surface area contributed by atoms with Gasteiger partial charge in [0.2, 0.25) is 15.9 Å². The third kappa shape index (κ3) is 3.57. The van der Waals surface area contributed by atoms with E-state index in [1.807, 2.05) is 35.2 Å². The van der Waals surface area contributed by atoms with E-state index in [2.05, 4.69) is 0 Å². The molecule has 29 heavy (non-hydrogen) atoms. The molecule has 0 aromatic heterocycles. The molecule has 2 saturated carbocycles. The van der Waals surface area contributed by atoms with Crippen molar-refractivity contribution in [1.29, 1.82) is 0 Å². The van der Waals surface area contributed by atoms with Crippen LogP contribution in [0.5, 0.6) is 0 Å². The van der Waals surface area contributed by atoms with E-state index in [0.717, 1.165) is 22.6 Å². The average molecular weight is 413 g/mol. The van der Waals surface area contributed by atoms with Gasteiger partial charge in [-0.1, -0.05) is 36.8 Å². The number of fused-ring (bicyclic) bond motifs is 3. The fraction of sp³-hybridized carbons (Fsp3) is 0.522. The number of carbonyl (C=O) groups excluding carboxylic acids is 1. The summed E-state index contributed by atoms with van der Waals surface area (Å²) >= 11 is 0. The van der Waals surface area contributed by atoms with Crippen LogP contribution in [0.2, 0.25) is 0 Å². The number of benzene rings is 2. The highest BCUT2D eigenvalue weighted by atomic mass is 32.2. The lowest BCUT2D eigenvalue weighted by molar-refractivity contribution is -0.133. The van der Waals surface area contributed by atoms with Gasteiger partial charge < -0.3 is 4.90 Å². The Morgan fingerprint density at radius 1 is 0.931 bits per heavy atom. The zero-order chi connectivity index (χ0) is 20.0. The largest absolute Gasteiger partial charge is 0.340 e. The minimum atomic E-state index is -3.54. The molecular formula is C23H28N2O3S. The van der Waals surface area contributed by atoms with Gasteiger partial charge in [0.15, 0.2) is 0 Å². The number of nitrogens with zero attached hydrogens (tertiary/aromatic N) is 2. The van der Waals surface area contributed by atoms with Gasteiger partial charge in [-0.3, -0.25) is 4.79 Å². The van der Waals surface area contributed by atoms with Crippen molar-refractivity contribution in [2.24, 2.45) is 17.8 Å². The molecule has 3 aliphatic rings. The summed E-state index contributed by atoms with van der Waals surface area (Å²) in [5, 5.41) is 1.95. The molecule has 3 fully saturated rings. The summed E-state index contributed by atoms with van der Waals surface area (Å²) in [6.45, 7) is 1.73. The van der Waals surface area contributed by atoms with Crippen molar-refractivity contribution < 1.29 is 13.2 Å². The third-order valence-electron chi connectivity index (χ3n) is 7.27. The minimum Gasteiger partial charge on any atom is -0.340 e. The van der Waals surface area contributed by atoms with E-state index in [4.69, 9.17) is 0 Å². The molecule has 2 bridgehead atoms. The standard InChI is InChI=1S/C23H28N2O3S/c26-23(16-21-14-17-5-6-20(21)13-17)24-9-11-25(12-10-24)29(27,28)22-8-7-18-3-1-2-4-19(18)15-22/h1-4,7-8,15,17,20-21H,5-6,9-14,16H2/t17-,20-,21+/m1/s1. The van der Waals surface area contributed by atoms with Crippen LogP contribution in [0.4, 0.5) is 0 Å². The van der Waals surface area contributed by atoms with Gasteiger partial charge in [-0.15, -0.1) is 0 Å². The lowest BCUT2D eigenvalue weighted by Crippen LogP contribution is -2.50. The first-order valence-electron chi connectivity index (χ1n) is 10.8. The predicted molar refractivity (Wildman–Crippen MR) is 113 cm³/mol. The molecule has 5 rings (SSSR count). The molecular weight excluding hydrogens is 384 g/mol. The van der Waals surface area contributed by atoms with Crippen molar-refractivity contribution in [3.05, 3.63) is 42.5 Å². The fourth-order valence-corrected chi connectivity index (χ4v) is 7.09. The summed E-state index contributed by atoms with van der Waals surface area (Å²) in [5.74, 6) is 2.37. The van der Waals surface area contributed by atoms with Crippen LogP contribution in [0, 0.1) is 17.8 Å². The summed E-state index contributed by atoms with van der Waals surface area (Å²) in [4.78, 5) is 15.0. The summed E-state index contributed by atoms with van der Waals surface area (Å²) < 4.78 is 27.7. The van der Waals surface area contributed by atoms with Gasteiger partial charge in [0.1, 0.15) is 0 Å². The molecule has 1 aliphatic heterocycles. The second kappa shape index (κ2) is 7.40. The van der Waals surface area contributed by atoms with Crippen LogP contribution in [-0.2, 0) is 14.8 Å². The van der Waals surface area contributed by atoms with Crippen molar-refractivity contribution in [2.75, 3.05) is 26.2 Å². The van der Waals surface area contributed by atoms with Crippen LogP contribution in [0.3, 0.4) is 0 Å².